The van der Waals surface area contributed by atoms with E-state index in [0.717, 1.165) is 17.1 Å². The normalized spacial score (nSPS) is 10.6. The second-order valence-electron chi connectivity index (χ2n) is 3.32. The number of aromatic nitrogens is 2. The van der Waals surface area contributed by atoms with Gasteiger partial charge in [0, 0.05) is 24.0 Å². The summed E-state index contributed by atoms with van der Waals surface area (Å²) in [4.78, 5) is 4.18. The summed E-state index contributed by atoms with van der Waals surface area (Å²) >= 11 is 5.97. The molecule has 4 heteroatoms. The van der Waals surface area contributed by atoms with Crippen molar-refractivity contribution in [1.82, 2.24) is 9.55 Å². The van der Waals surface area contributed by atoms with Crippen LogP contribution in [-0.2, 0) is 6.54 Å². The first-order chi connectivity index (χ1) is 7.22. The summed E-state index contributed by atoms with van der Waals surface area (Å²) in [5.41, 5.74) is 7.74. The average molecular weight is 222 g/mol. The molecule has 0 atom stereocenters. The van der Waals surface area contributed by atoms with Crippen molar-refractivity contribution in [1.29, 1.82) is 0 Å². The molecule has 3 nitrogen and oxygen atoms in total. The Morgan fingerprint density at radius 3 is 2.87 bits per heavy atom. The summed E-state index contributed by atoms with van der Waals surface area (Å²) in [5, 5.41) is 0.704. The second kappa shape index (κ2) is 4.04. The number of hydrogen-bond donors (Lipinski definition) is 1. The molecule has 2 N–H and O–H groups in total. The lowest BCUT2D eigenvalue weighted by Crippen LogP contribution is -2.05. The molecule has 0 amide bonds. The van der Waals surface area contributed by atoms with Gasteiger partial charge in [0.15, 0.2) is 0 Å². The van der Waals surface area contributed by atoms with Gasteiger partial charge >= 0.3 is 0 Å². The Morgan fingerprint density at radius 1 is 1.47 bits per heavy atom. The molecule has 1 aromatic carbocycles. The van der Waals surface area contributed by atoms with E-state index < -0.39 is 0 Å². The third-order valence-corrected chi connectivity index (χ3v) is 2.59. The molecule has 0 fully saturated rings. The summed E-state index contributed by atoms with van der Waals surface area (Å²) < 4.78 is 1.98. The summed E-state index contributed by atoms with van der Waals surface area (Å²) in [6.45, 7) is 2.44. The average Bonchev–Trinajstić information content (AvgIpc) is 2.64. The Morgan fingerprint density at radius 2 is 2.27 bits per heavy atom. The smallest absolute Gasteiger partial charge is 0.110 e. The van der Waals surface area contributed by atoms with Gasteiger partial charge < -0.3 is 10.3 Å². The minimum Gasteiger partial charge on any atom is -0.326 e. The van der Waals surface area contributed by atoms with Gasteiger partial charge in [0.1, 0.15) is 5.82 Å². The molecule has 0 aliphatic heterocycles. The van der Waals surface area contributed by atoms with Gasteiger partial charge in [0.2, 0.25) is 0 Å². The first-order valence-electron chi connectivity index (χ1n) is 4.71. The molecular formula is C11H12ClN3. The molecule has 0 saturated heterocycles. The molecule has 0 aliphatic rings. The van der Waals surface area contributed by atoms with E-state index in [0.29, 0.717) is 11.6 Å². The summed E-state index contributed by atoms with van der Waals surface area (Å²) in [6, 6.07) is 5.69. The molecule has 0 saturated carbocycles. The Hall–Kier alpha value is -1.32. The predicted octanol–water partition coefficient (Wildman–Crippen LogP) is 2.29. The molecule has 1 heterocycles. The molecule has 15 heavy (non-hydrogen) atoms. The van der Waals surface area contributed by atoms with Crippen molar-refractivity contribution in [3.8, 4) is 5.69 Å². The molecule has 2 aromatic rings. The molecule has 2 rings (SSSR count). The number of rotatable bonds is 2. The summed E-state index contributed by atoms with van der Waals surface area (Å²) in [5.74, 6) is 0.923. The maximum absolute atomic E-state index is 5.97. The van der Waals surface area contributed by atoms with Crippen molar-refractivity contribution in [2.45, 2.75) is 13.5 Å². The van der Waals surface area contributed by atoms with E-state index in [-0.39, 0.29) is 0 Å². The fraction of sp³-hybridized carbons (Fsp3) is 0.182. The number of nitrogens with two attached hydrogens (primary N) is 1. The maximum atomic E-state index is 5.97. The topological polar surface area (TPSA) is 43.8 Å². The van der Waals surface area contributed by atoms with Gasteiger partial charge in [-0.1, -0.05) is 17.7 Å². The van der Waals surface area contributed by atoms with Crippen molar-refractivity contribution >= 4 is 11.6 Å². The fourth-order valence-corrected chi connectivity index (χ4v) is 1.73. The van der Waals surface area contributed by atoms with Gasteiger partial charge in [-0.05, 0) is 24.6 Å². The van der Waals surface area contributed by atoms with E-state index in [2.05, 4.69) is 4.98 Å². The number of benzene rings is 1. The van der Waals surface area contributed by atoms with Crippen molar-refractivity contribution in [2.75, 3.05) is 0 Å². The van der Waals surface area contributed by atoms with Crippen molar-refractivity contribution in [3.05, 3.63) is 47.0 Å². The van der Waals surface area contributed by atoms with Gasteiger partial charge in [-0.25, -0.2) is 4.98 Å². The largest absolute Gasteiger partial charge is 0.326 e. The minimum atomic E-state index is 0.490. The van der Waals surface area contributed by atoms with Crippen LogP contribution >= 0.6 is 11.6 Å². The zero-order valence-corrected chi connectivity index (χ0v) is 9.20. The van der Waals surface area contributed by atoms with Crippen LogP contribution in [0.2, 0.25) is 5.02 Å². The molecule has 0 aliphatic carbocycles. The highest BCUT2D eigenvalue weighted by Gasteiger charge is 2.06. The lowest BCUT2D eigenvalue weighted by molar-refractivity contribution is 0.937. The second-order valence-corrected chi connectivity index (χ2v) is 3.76. The Labute approximate surface area is 93.5 Å². The van der Waals surface area contributed by atoms with Gasteiger partial charge in [0.05, 0.1) is 5.69 Å². The van der Waals surface area contributed by atoms with Crippen molar-refractivity contribution in [2.24, 2.45) is 5.73 Å². The lowest BCUT2D eigenvalue weighted by Gasteiger charge is -2.10. The molecule has 0 bridgehead atoms. The van der Waals surface area contributed by atoms with E-state index in [1.165, 1.54) is 0 Å². The molecule has 0 radical (unpaired) electrons. The first-order valence-corrected chi connectivity index (χ1v) is 5.09. The van der Waals surface area contributed by atoms with Crippen LogP contribution in [0.4, 0.5) is 0 Å². The van der Waals surface area contributed by atoms with Crippen LogP contribution in [0.25, 0.3) is 5.69 Å². The van der Waals surface area contributed by atoms with Crippen molar-refractivity contribution < 1.29 is 0 Å². The molecule has 1 aromatic heterocycles. The highest BCUT2D eigenvalue weighted by molar-refractivity contribution is 6.30. The fourth-order valence-electron chi connectivity index (χ4n) is 1.57. The van der Waals surface area contributed by atoms with Crippen LogP contribution in [0.3, 0.4) is 0 Å². The standard InChI is InChI=1S/C11H12ClN3/c1-8-14-4-5-15(8)11-6-10(12)3-2-9(11)7-13/h2-6H,7,13H2,1H3. The summed E-state index contributed by atoms with van der Waals surface area (Å²) in [6.07, 6.45) is 3.66. The number of nitrogens with zero attached hydrogens (tertiary/aromatic N) is 2. The summed E-state index contributed by atoms with van der Waals surface area (Å²) in [7, 11) is 0. The van der Waals surface area contributed by atoms with Gasteiger partial charge in [-0.15, -0.1) is 0 Å². The highest BCUT2D eigenvalue weighted by atomic mass is 35.5. The van der Waals surface area contributed by atoms with E-state index in [1.807, 2.05) is 35.9 Å². The highest BCUT2D eigenvalue weighted by Crippen LogP contribution is 2.20. The van der Waals surface area contributed by atoms with Gasteiger partial charge in [-0.2, -0.15) is 0 Å². The van der Waals surface area contributed by atoms with E-state index >= 15 is 0 Å². The Bertz CT molecular complexity index is 476. The lowest BCUT2D eigenvalue weighted by atomic mass is 10.1. The first kappa shape index (κ1) is 10.2. The van der Waals surface area contributed by atoms with Crippen LogP contribution in [0.5, 0.6) is 0 Å². The van der Waals surface area contributed by atoms with E-state index in [9.17, 15) is 0 Å². The van der Waals surface area contributed by atoms with E-state index in [4.69, 9.17) is 17.3 Å². The molecule has 0 spiro atoms. The monoisotopic (exact) mass is 221 g/mol. The van der Waals surface area contributed by atoms with Crippen LogP contribution in [0, 0.1) is 6.92 Å². The third-order valence-electron chi connectivity index (χ3n) is 2.35. The van der Waals surface area contributed by atoms with Crippen LogP contribution in [0.1, 0.15) is 11.4 Å². The van der Waals surface area contributed by atoms with Gasteiger partial charge in [-0.3, -0.25) is 0 Å². The van der Waals surface area contributed by atoms with Crippen molar-refractivity contribution in [3.63, 3.8) is 0 Å². The number of imidazole rings is 1. The molecular weight excluding hydrogens is 210 g/mol. The molecule has 0 unspecified atom stereocenters. The quantitative estimate of drug-likeness (QED) is 0.846. The Kier molecular flexibility index (Phi) is 2.75. The van der Waals surface area contributed by atoms with Crippen LogP contribution in [0.15, 0.2) is 30.6 Å². The number of hydrogen-bond acceptors (Lipinski definition) is 2. The number of aryl methyl sites for hydroxylation is 1. The van der Waals surface area contributed by atoms with Crippen LogP contribution in [-0.4, -0.2) is 9.55 Å². The Balaban J connectivity index is 2.60. The minimum absolute atomic E-state index is 0.490. The number of halogens is 1. The zero-order valence-electron chi connectivity index (χ0n) is 8.44. The van der Waals surface area contributed by atoms with Crippen LogP contribution < -0.4 is 5.73 Å². The maximum Gasteiger partial charge on any atom is 0.110 e. The predicted molar refractivity (Wildman–Crippen MR) is 61.2 cm³/mol. The molecule has 78 valence electrons. The zero-order chi connectivity index (χ0) is 10.8. The third kappa shape index (κ3) is 1.89. The SMILES string of the molecule is Cc1nccn1-c1cc(Cl)ccc1CN. The van der Waals surface area contributed by atoms with E-state index in [1.54, 1.807) is 6.20 Å². The van der Waals surface area contributed by atoms with Gasteiger partial charge in [0.25, 0.3) is 0 Å².